The molecule has 1 heterocycles. The van der Waals surface area contributed by atoms with Gasteiger partial charge in [-0.05, 0) is 18.2 Å². The van der Waals surface area contributed by atoms with Gasteiger partial charge < -0.3 is 10.1 Å². The Bertz CT molecular complexity index is 394. The lowest BCUT2D eigenvalue weighted by Crippen LogP contribution is -1.66. The van der Waals surface area contributed by atoms with Crippen LogP contribution >= 0.6 is 15.9 Å². The third-order valence-corrected chi connectivity index (χ3v) is 2.12. The molecule has 0 aliphatic carbocycles. The van der Waals surface area contributed by atoms with E-state index in [0.717, 1.165) is 15.4 Å². The molecular weight excluding hydrogens is 206 g/mol. The third kappa shape index (κ3) is 1.01. The summed E-state index contributed by atoms with van der Waals surface area (Å²) in [6.07, 6.45) is 1.58. The Hall–Kier alpha value is -0.960. The molecule has 0 saturated heterocycles. The number of rotatable bonds is 0. The summed E-state index contributed by atoms with van der Waals surface area (Å²) in [7, 11) is 0. The maximum atomic E-state index is 9.28. The fourth-order valence-corrected chi connectivity index (χ4v) is 1.44. The molecule has 0 aliphatic rings. The minimum Gasteiger partial charge on any atom is -0.506 e. The van der Waals surface area contributed by atoms with Gasteiger partial charge in [0.05, 0.1) is 0 Å². The number of halogens is 1. The number of fused-ring (bicyclic) bond motifs is 1. The molecule has 0 aliphatic heterocycles. The van der Waals surface area contributed by atoms with Crippen molar-refractivity contribution in [1.29, 1.82) is 0 Å². The van der Waals surface area contributed by atoms with E-state index in [1.807, 2.05) is 18.2 Å². The van der Waals surface area contributed by atoms with Crippen LogP contribution in [0.5, 0.6) is 5.75 Å². The van der Waals surface area contributed by atoms with Crippen LogP contribution in [0, 0.1) is 0 Å². The van der Waals surface area contributed by atoms with E-state index >= 15 is 0 Å². The summed E-state index contributed by atoms with van der Waals surface area (Å²) in [5.41, 5.74) is 0.950. The average molecular weight is 212 g/mol. The van der Waals surface area contributed by atoms with E-state index in [0.29, 0.717) is 5.75 Å². The van der Waals surface area contributed by atoms with Crippen molar-refractivity contribution in [3.05, 3.63) is 28.9 Å². The predicted molar refractivity (Wildman–Crippen MR) is 47.7 cm³/mol. The minimum atomic E-state index is 0.293. The fraction of sp³-hybridized carbons (Fsp3) is 0. The first-order valence-corrected chi connectivity index (χ1v) is 4.02. The Labute approximate surface area is 72.0 Å². The van der Waals surface area contributed by atoms with Gasteiger partial charge in [-0.15, -0.1) is 0 Å². The van der Waals surface area contributed by atoms with Crippen molar-refractivity contribution in [2.75, 3.05) is 0 Å². The molecule has 2 aromatic rings. The number of aromatic nitrogens is 1. The molecule has 0 fully saturated rings. The van der Waals surface area contributed by atoms with Gasteiger partial charge in [0.25, 0.3) is 0 Å². The minimum absolute atomic E-state index is 0.293. The highest BCUT2D eigenvalue weighted by Gasteiger charge is 2.00. The lowest BCUT2D eigenvalue weighted by atomic mass is 10.2. The van der Waals surface area contributed by atoms with Crippen molar-refractivity contribution in [2.24, 2.45) is 0 Å². The second kappa shape index (κ2) is 2.27. The highest BCUT2D eigenvalue weighted by atomic mass is 79.9. The van der Waals surface area contributed by atoms with Crippen LogP contribution in [0.4, 0.5) is 0 Å². The van der Waals surface area contributed by atoms with Gasteiger partial charge >= 0.3 is 0 Å². The quantitative estimate of drug-likeness (QED) is 0.691. The zero-order valence-corrected chi connectivity index (χ0v) is 7.22. The Kier molecular flexibility index (Phi) is 1.39. The fourth-order valence-electron chi connectivity index (χ4n) is 1.08. The van der Waals surface area contributed by atoms with Crippen molar-refractivity contribution >= 4 is 26.8 Å². The maximum absolute atomic E-state index is 9.28. The Morgan fingerprint density at radius 2 is 2.18 bits per heavy atom. The van der Waals surface area contributed by atoms with Gasteiger partial charge in [0.1, 0.15) is 5.75 Å². The van der Waals surface area contributed by atoms with Crippen molar-refractivity contribution in [3.8, 4) is 5.75 Å². The average Bonchev–Trinajstić information content (AvgIpc) is 2.33. The molecule has 1 aromatic carbocycles. The van der Waals surface area contributed by atoms with E-state index < -0.39 is 0 Å². The maximum Gasteiger partial charge on any atom is 0.140 e. The molecule has 0 atom stereocenters. The van der Waals surface area contributed by atoms with Crippen LogP contribution in [0.2, 0.25) is 0 Å². The van der Waals surface area contributed by atoms with Crippen LogP contribution in [-0.2, 0) is 0 Å². The summed E-state index contributed by atoms with van der Waals surface area (Å²) < 4.78 is 0.972. The van der Waals surface area contributed by atoms with Gasteiger partial charge in [-0.1, -0.05) is 15.9 Å². The monoisotopic (exact) mass is 211 g/mol. The van der Waals surface area contributed by atoms with E-state index in [1.165, 1.54) is 0 Å². The van der Waals surface area contributed by atoms with E-state index in [4.69, 9.17) is 0 Å². The van der Waals surface area contributed by atoms with Crippen molar-refractivity contribution in [2.45, 2.75) is 0 Å². The summed E-state index contributed by atoms with van der Waals surface area (Å²) in [5, 5.41) is 10.1. The number of hydrogen-bond acceptors (Lipinski definition) is 1. The molecule has 2 N–H and O–H groups in total. The normalized spacial score (nSPS) is 10.6. The van der Waals surface area contributed by atoms with E-state index in [2.05, 4.69) is 20.9 Å². The number of aromatic amines is 1. The van der Waals surface area contributed by atoms with E-state index in [9.17, 15) is 5.11 Å². The molecule has 2 nitrogen and oxygen atoms in total. The van der Waals surface area contributed by atoms with Gasteiger partial charge in [-0.3, -0.25) is 0 Å². The third-order valence-electron chi connectivity index (χ3n) is 1.62. The number of hydrogen-bond donors (Lipinski definition) is 2. The molecule has 2 rings (SSSR count). The van der Waals surface area contributed by atoms with Crippen LogP contribution < -0.4 is 0 Å². The SMILES string of the molecule is Oc1c[nH]c2ccc(Br)cc12. The summed E-state index contributed by atoms with van der Waals surface area (Å²) in [6.45, 7) is 0. The molecule has 0 amide bonds. The lowest BCUT2D eigenvalue weighted by Gasteiger charge is -1.90. The lowest BCUT2D eigenvalue weighted by molar-refractivity contribution is 0.481. The smallest absolute Gasteiger partial charge is 0.140 e. The van der Waals surface area contributed by atoms with Crippen LogP contribution in [-0.4, -0.2) is 10.1 Å². The first-order chi connectivity index (χ1) is 5.27. The van der Waals surface area contributed by atoms with Crippen LogP contribution in [0.3, 0.4) is 0 Å². The largest absolute Gasteiger partial charge is 0.506 e. The van der Waals surface area contributed by atoms with Crippen molar-refractivity contribution < 1.29 is 5.11 Å². The molecule has 0 saturated carbocycles. The molecule has 0 spiro atoms. The Morgan fingerprint density at radius 3 is 3.00 bits per heavy atom. The number of nitrogens with one attached hydrogen (secondary N) is 1. The van der Waals surface area contributed by atoms with Gasteiger partial charge in [0.2, 0.25) is 0 Å². The van der Waals surface area contributed by atoms with Gasteiger partial charge in [0.15, 0.2) is 0 Å². The molecule has 56 valence electrons. The molecule has 3 heteroatoms. The summed E-state index contributed by atoms with van der Waals surface area (Å²) in [4.78, 5) is 2.94. The molecule has 0 bridgehead atoms. The first kappa shape index (κ1) is 6.73. The molecule has 1 aromatic heterocycles. The molecule has 11 heavy (non-hydrogen) atoms. The number of benzene rings is 1. The summed E-state index contributed by atoms with van der Waals surface area (Å²) >= 11 is 3.33. The second-order valence-corrected chi connectivity index (χ2v) is 3.28. The molecule has 0 unspecified atom stereocenters. The van der Waals surface area contributed by atoms with Crippen LogP contribution in [0.25, 0.3) is 10.9 Å². The highest BCUT2D eigenvalue weighted by Crippen LogP contribution is 2.26. The zero-order valence-electron chi connectivity index (χ0n) is 5.63. The summed E-state index contributed by atoms with van der Waals surface area (Å²) in [5.74, 6) is 0.293. The van der Waals surface area contributed by atoms with Crippen molar-refractivity contribution in [1.82, 2.24) is 4.98 Å². The van der Waals surface area contributed by atoms with Gasteiger partial charge in [-0.25, -0.2) is 0 Å². The van der Waals surface area contributed by atoms with Crippen LogP contribution in [0.15, 0.2) is 28.9 Å². The van der Waals surface area contributed by atoms with E-state index in [1.54, 1.807) is 6.20 Å². The first-order valence-electron chi connectivity index (χ1n) is 3.23. The molecular formula is C8H6BrNO. The van der Waals surface area contributed by atoms with Crippen LogP contribution in [0.1, 0.15) is 0 Å². The molecule has 0 radical (unpaired) electrons. The zero-order chi connectivity index (χ0) is 7.84. The predicted octanol–water partition coefficient (Wildman–Crippen LogP) is 2.64. The van der Waals surface area contributed by atoms with Gasteiger partial charge in [-0.2, -0.15) is 0 Å². The second-order valence-electron chi connectivity index (χ2n) is 2.36. The van der Waals surface area contributed by atoms with Crippen molar-refractivity contribution in [3.63, 3.8) is 0 Å². The standard InChI is InChI=1S/C8H6BrNO/c9-5-1-2-7-6(3-5)8(11)4-10-7/h1-4,10-11H. The Balaban J connectivity index is 2.87. The Morgan fingerprint density at radius 1 is 1.36 bits per heavy atom. The van der Waals surface area contributed by atoms with Gasteiger partial charge in [0, 0.05) is 21.6 Å². The highest BCUT2D eigenvalue weighted by molar-refractivity contribution is 9.10. The number of H-pyrrole nitrogens is 1. The number of aromatic hydroxyl groups is 1. The van der Waals surface area contributed by atoms with E-state index in [-0.39, 0.29) is 0 Å². The topological polar surface area (TPSA) is 36.0 Å². The summed E-state index contributed by atoms with van der Waals surface area (Å²) in [6, 6.07) is 5.72.